The summed E-state index contributed by atoms with van der Waals surface area (Å²) in [5.41, 5.74) is 1.70. The molecule has 1 spiro atoms. The van der Waals surface area contributed by atoms with Crippen LogP contribution in [0.3, 0.4) is 0 Å². The molecule has 6 nitrogen and oxygen atoms in total. The van der Waals surface area contributed by atoms with Crippen molar-refractivity contribution in [2.45, 2.75) is 24.5 Å². The lowest BCUT2D eigenvalue weighted by Crippen LogP contribution is -2.60. The van der Waals surface area contributed by atoms with Crippen LogP contribution in [0.5, 0.6) is 0 Å². The predicted octanol–water partition coefficient (Wildman–Crippen LogP) is 0.0419. The Morgan fingerprint density at radius 3 is 2.75 bits per heavy atom. The van der Waals surface area contributed by atoms with Gasteiger partial charge in [0.2, 0.25) is 5.91 Å². The maximum Gasteiger partial charge on any atom is 0.251 e. The first-order valence-corrected chi connectivity index (χ1v) is 6.82. The summed E-state index contributed by atoms with van der Waals surface area (Å²) in [6.07, 6.45) is 0.839. The van der Waals surface area contributed by atoms with Crippen LogP contribution in [-0.4, -0.2) is 30.9 Å². The number of amides is 2. The van der Waals surface area contributed by atoms with E-state index in [4.69, 9.17) is 4.84 Å². The van der Waals surface area contributed by atoms with Gasteiger partial charge < -0.3 is 5.32 Å². The lowest BCUT2D eigenvalue weighted by Gasteiger charge is -2.40. The molecule has 0 saturated carbocycles. The molecular weight excluding hydrogens is 258 g/mol. The number of fused-ring (bicyclic) bond motifs is 2. The van der Waals surface area contributed by atoms with E-state index in [1.165, 1.54) is 0 Å². The molecule has 2 fully saturated rings. The molecule has 2 amide bonds. The van der Waals surface area contributed by atoms with Crippen molar-refractivity contribution >= 4 is 17.5 Å². The normalized spacial score (nSPS) is 27.2. The Morgan fingerprint density at radius 1 is 1.25 bits per heavy atom. The Hall–Kier alpha value is -1.92. The molecule has 3 heterocycles. The molecule has 0 radical (unpaired) electrons. The first-order chi connectivity index (χ1) is 9.70. The van der Waals surface area contributed by atoms with Crippen LogP contribution in [0.4, 0.5) is 5.69 Å². The fourth-order valence-corrected chi connectivity index (χ4v) is 3.08. The second-order valence-corrected chi connectivity index (χ2v) is 5.50. The first-order valence-electron chi connectivity index (χ1n) is 6.82. The number of nitrogens with zero attached hydrogens (tertiary/aromatic N) is 1. The van der Waals surface area contributed by atoms with Crippen LogP contribution in [0, 0.1) is 0 Å². The highest BCUT2D eigenvalue weighted by Crippen LogP contribution is 2.45. The van der Waals surface area contributed by atoms with Gasteiger partial charge in [0.1, 0.15) is 11.6 Å². The molecule has 2 saturated heterocycles. The number of carbonyl (C=O) groups is 2. The number of anilines is 1. The number of hydroxylamine groups is 1. The van der Waals surface area contributed by atoms with Crippen molar-refractivity contribution in [3.8, 4) is 0 Å². The molecule has 1 aromatic rings. The summed E-state index contributed by atoms with van der Waals surface area (Å²) < 4.78 is 0. The molecule has 6 heteroatoms. The van der Waals surface area contributed by atoms with Crippen molar-refractivity contribution < 1.29 is 14.4 Å². The molecule has 0 aliphatic carbocycles. The Kier molecular flexibility index (Phi) is 2.40. The number of para-hydroxylation sites is 1. The minimum Gasteiger partial charge on any atom is -0.310 e. The summed E-state index contributed by atoms with van der Waals surface area (Å²) in [4.78, 5) is 29.4. The zero-order chi connectivity index (χ0) is 13.7. The van der Waals surface area contributed by atoms with E-state index in [0.717, 1.165) is 24.3 Å². The van der Waals surface area contributed by atoms with E-state index in [1.807, 2.05) is 24.3 Å². The Labute approximate surface area is 116 Å². The van der Waals surface area contributed by atoms with Gasteiger partial charge in [-0.2, -0.15) is 0 Å². The van der Waals surface area contributed by atoms with Crippen LogP contribution in [-0.2, 0) is 20.0 Å². The quantitative estimate of drug-likeness (QED) is 0.707. The summed E-state index contributed by atoms with van der Waals surface area (Å²) in [7, 11) is 0. The Morgan fingerprint density at radius 2 is 2.05 bits per heavy atom. The third-order valence-electron chi connectivity index (χ3n) is 4.22. The van der Waals surface area contributed by atoms with Crippen LogP contribution >= 0.6 is 0 Å². The van der Waals surface area contributed by atoms with Crippen molar-refractivity contribution in [1.29, 1.82) is 0 Å². The molecule has 0 bridgehead atoms. The molecule has 1 unspecified atom stereocenters. The number of carbonyl (C=O) groups excluding carboxylic acids is 2. The van der Waals surface area contributed by atoms with Crippen molar-refractivity contribution in [2.75, 3.05) is 18.2 Å². The van der Waals surface area contributed by atoms with E-state index in [-0.39, 0.29) is 17.4 Å². The van der Waals surface area contributed by atoms with E-state index in [2.05, 4.69) is 10.6 Å². The van der Waals surface area contributed by atoms with Crippen LogP contribution in [0.15, 0.2) is 24.3 Å². The van der Waals surface area contributed by atoms with Gasteiger partial charge in [-0.05, 0) is 12.5 Å². The van der Waals surface area contributed by atoms with Crippen molar-refractivity contribution in [2.24, 2.45) is 0 Å². The number of nitrogens with one attached hydrogen (secondary N) is 2. The maximum atomic E-state index is 12.0. The van der Waals surface area contributed by atoms with Gasteiger partial charge in [0.15, 0.2) is 0 Å². The molecule has 3 aliphatic rings. The standard InChI is InChI=1S/C14H15N3O3/c18-12-6-5-11(13(19)16-12)17-10-4-2-1-3-9(10)14(20-17)7-15-8-14/h1-4,11,15H,5-8H2,(H,16,18,19). The number of hydrogen-bond acceptors (Lipinski definition) is 5. The van der Waals surface area contributed by atoms with Gasteiger partial charge in [-0.1, -0.05) is 18.2 Å². The number of hydrogen-bond donors (Lipinski definition) is 2. The smallest absolute Gasteiger partial charge is 0.251 e. The van der Waals surface area contributed by atoms with E-state index in [9.17, 15) is 9.59 Å². The second kappa shape index (κ2) is 4.04. The summed E-state index contributed by atoms with van der Waals surface area (Å²) in [5, 5.41) is 7.30. The second-order valence-electron chi connectivity index (χ2n) is 5.50. The van der Waals surface area contributed by atoms with Gasteiger partial charge in [0.05, 0.1) is 5.69 Å². The highest BCUT2D eigenvalue weighted by molar-refractivity contribution is 6.01. The number of rotatable bonds is 1. The highest BCUT2D eigenvalue weighted by atomic mass is 16.7. The Balaban J connectivity index is 1.70. The number of piperidine rings is 1. The van der Waals surface area contributed by atoms with Gasteiger partial charge in [-0.15, -0.1) is 0 Å². The minimum absolute atomic E-state index is 0.209. The number of imide groups is 1. The van der Waals surface area contributed by atoms with Gasteiger partial charge in [0, 0.05) is 25.1 Å². The van der Waals surface area contributed by atoms with E-state index in [1.54, 1.807) is 5.06 Å². The Bertz CT molecular complexity index is 597. The summed E-state index contributed by atoms with van der Waals surface area (Å²) in [6, 6.07) is 7.49. The summed E-state index contributed by atoms with van der Waals surface area (Å²) in [6.45, 7) is 1.49. The fraction of sp³-hybridized carbons (Fsp3) is 0.429. The SMILES string of the molecule is O=C1CCC(N2OC3(CNC3)c3ccccc32)C(=O)N1. The average Bonchev–Trinajstić information content (AvgIpc) is 2.74. The molecule has 2 N–H and O–H groups in total. The predicted molar refractivity (Wildman–Crippen MR) is 70.7 cm³/mol. The van der Waals surface area contributed by atoms with E-state index >= 15 is 0 Å². The topological polar surface area (TPSA) is 70.7 Å². The molecule has 0 aromatic heterocycles. The summed E-state index contributed by atoms with van der Waals surface area (Å²) >= 11 is 0. The lowest BCUT2D eigenvalue weighted by molar-refractivity contribution is -0.139. The van der Waals surface area contributed by atoms with Crippen LogP contribution < -0.4 is 15.7 Å². The molecular formula is C14H15N3O3. The van der Waals surface area contributed by atoms with Gasteiger partial charge in [-0.3, -0.25) is 19.7 Å². The molecule has 1 atom stereocenters. The van der Waals surface area contributed by atoms with Crippen molar-refractivity contribution in [3.63, 3.8) is 0 Å². The van der Waals surface area contributed by atoms with E-state index in [0.29, 0.717) is 12.8 Å². The highest BCUT2D eigenvalue weighted by Gasteiger charge is 2.52. The molecule has 20 heavy (non-hydrogen) atoms. The van der Waals surface area contributed by atoms with Crippen LogP contribution in [0.25, 0.3) is 0 Å². The molecule has 3 aliphatic heterocycles. The van der Waals surface area contributed by atoms with Gasteiger partial charge in [-0.25, -0.2) is 5.06 Å². The minimum atomic E-state index is -0.436. The largest absolute Gasteiger partial charge is 0.310 e. The van der Waals surface area contributed by atoms with Crippen LogP contribution in [0.2, 0.25) is 0 Å². The third-order valence-corrected chi connectivity index (χ3v) is 4.22. The maximum absolute atomic E-state index is 12.0. The summed E-state index contributed by atoms with van der Waals surface area (Å²) in [5.74, 6) is -0.487. The lowest BCUT2D eigenvalue weighted by atomic mass is 9.88. The van der Waals surface area contributed by atoms with Gasteiger partial charge >= 0.3 is 0 Å². The van der Waals surface area contributed by atoms with Crippen molar-refractivity contribution in [3.05, 3.63) is 29.8 Å². The monoisotopic (exact) mass is 273 g/mol. The average molecular weight is 273 g/mol. The first kappa shape index (κ1) is 11.9. The molecule has 4 rings (SSSR count). The molecule has 1 aromatic carbocycles. The number of benzene rings is 1. The van der Waals surface area contributed by atoms with Gasteiger partial charge in [0.25, 0.3) is 5.91 Å². The van der Waals surface area contributed by atoms with E-state index < -0.39 is 6.04 Å². The third kappa shape index (κ3) is 1.52. The zero-order valence-electron chi connectivity index (χ0n) is 10.9. The molecule has 104 valence electrons. The fourth-order valence-electron chi connectivity index (χ4n) is 3.08. The zero-order valence-corrected chi connectivity index (χ0v) is 10.9. The van der Waals surface area contributed by atoms with Crippen molar-refractivity contribution in [1.82, 2.24) is 10.6 Å². The van der Waals surface area contributed by atoms with Crippen LogP contribution in [0.1, 0.15) is 18.4 Å².